The molecule has 0 saturated heterocycles. The number of benzene rings is 2. The average Bonchev–Trinajstić information content (AvgIpc) is 2.76. The number of hydrogen-bond acceptors (Lipinski definition) is 2. The summed E-state index contributed by atoms with van der Waals surface area (Å²) in [6, 6.07) is 9.40. The Morgan fingerprint density at radius 2 is 1.83 bits per heavy atom. The Labute approximate surface area is 144 Å². The summed E-state index contributed by atoms with van der Waals surface area (Å²) in [5.41, 5.74) is 1.68. The molecule has 1 heterocycles. The van der Waals surface area contributed by atoms with Gasteiger partial charge in [0.05, 0.1) is 6.54 Å². The second-order valence-electron chi connectivity index (χ2n) is 5.46. The lowest BCUT2D eigenvalue weighted by molar-refractivity contribution is -0.274. The summed E-state index contributed by atoms with van der Waals surface area (Å²) in [5, 5.41) is 12.0. The third-order valence-corrected chi connectivity index (χ3v) is 4.09. The highest BCUT2D eigenvalue weighted by molar-refractivity contribution is 9.10. The molecular formula is C17H13BrF3NO2. The minimum Gasteiger partial charge on any atom is -0.494 e. The van der Waals surface area contributed by atoms with Gasteiger partial charge in [0, 0.05) is 21.4 Å². The standard InChI is InChI=1S/C17H13BrF3NO2/c1-10-6-13(18)7-12-9-22(16(23)15(10)12)8-11-2-4-14(5-3-11)24-17(19,20)21/h2-7,9,23H,8H2,1H3. The Morgan fingerprint density at radius 3 is 2.46 bits per heavy atom. The zero-order chi connectivity index (χ0) is 17.5. The van der Waals surface area contributed by atoms with Crippen molar-refractivity contribution in [3.05, 3.63) is 58.2 Å². The largest absolute Gasteiger partial charge is 0.573 e. The molecule has 0 fully saturated rings. The van der Waals surface area contributed by atoms with Gasteiger partial charge in [-0.3, -0.25) is 0 Å². The average molecular weight is 400 g/mol. The molecule has 0 radical (unpaired) electrons. The molecular weight excluding hydrogens is 387 g/mol. The third kappa shape index (κ3) is 3.51. The van der Waals surface area contributed by atoms with Gasteiger partial charge in [-0.1, -0.05) is 28.1 Å². The van der Waals surface area contributed by atoms with Crippen LogP contribution in [0.25, 0.3) is 10.8 Å². The van der Waals surface area contributed by atoms with E-state index in [9.17, 15) is 18.3 Å². The van der Waals surface area contributed by atoms with Crippen LogP contribution >= 0.6 is 15.9 Å². The fraction of sp³-hybridized carbons (Fsp3) is 0.176. The first-order chi connectivity index (χ1) is 11.2. The highest BCUT2D eigenvalue weighted by Crippen LogP contribution is 2.33. The number of nitrogens with zero attached hydrogens (tertiary/aromatic N) is 1. The number of hydrogen-bond donors (Lipinski definition) is 1. The first kappa shape index (κ1) is 16.7. The molecule has 0 amide bonds. The molecule has 0 aliphatic rings. The van der Waals surface area contributed by atoms with E-state index in [0.29, 0.717) is 6.54 Å². The molecule has 0 atom stereocenters. The molecule has 2 aromatic carbocycles. The highest BCUT2D eigenvalue weighted by Gasteiger charge is 2.30. The van der Waals surface area contributed by atoms with E-state index in [1.807, 2.05) is 25.3 Å². The van der Waals surface area contributed by atoms with Gasteiger partial charge in [-0.25, -0.2) is 0 Å². The first-order valence-electron chi connectivity index (χ1n) is 7.05. The van der Waals surface area contributed by atoms with Crippen molar-refractivity contribution >= 4 is 26.7 Å². The zero-order valence-electron chi connectivity index (χ0n) is 12.6. The van der Waals surface area contributed by atoms with Crippen LogP contribution in [0.4, 0.5) is 13.2 Å². The van der Waals surface area contributed by atoms with Crippen molar-refractivity contribution in [3.63, 3.8) is 0 Å². The molecule has 24 heavy (non-hydrogen) atoms. The molecule has 3 aromatic rings. The molecule has 0 spiro atoms. The van der Waals surface area contributed by atoms with Crippen molar-refractivity contribution in [1.29, 1.82) is 0 Å². The Hall–Kier alpha value is -2.15. The zero-order valence-corrected chi connectivity index (χ0v) is 14.1. The van der Waals surface area contributed by atoms with Crippen LogP contribution in [0.3, 0.4) is 0 Å². The predicted molar refractivity (Wildman–Crippen MR) is 88.3 cm³/mol. The van der Waals surface area contributed by atoms with Crippen molar-refractivity contribution in [2.45, 2.75) is 19.8 Å². The SMILES string of the molecule is Cc1cc(Br)cc2cn(Cc3ccc(OC(F)(F)F)cc3)c(O)c12. The Kier molecular flexibility index (Phi) is 4.21. The molecule has 1 N–H and O–H groups in total. The van der Waals surface area contributed by atoms with Gasteiger partial charge in [0.1, 0.15) is 5.75 Å². The monoisotopic (exact) mass is 399 g/mol. The summed E-state index contributed by atoms with van der Waals surface area (Å²) in [6.07, 6.45) is -2.90. The van der Waals surface area contributed by atoms with Crippen LogP contribution in [0.15, 0.2) is 47.1 Å². The second kappa shape index (κ2) is 6.05. The Morgan fingerprint density at radius 1 is 1.17 bits per heavy atom. The molecule has 0 unspecified atom stereocenters. The first-order valence-corrected chi connectivity index (χ1v) is 7.85. The van der Waals surface area contributed by atoms with Gasteiger partial charge < -0.3 is 14.4 Å². The van der Waals surface area contributed by atoms with Crippen molar-refractivity contribution in [3.8, 4) is 11.6 Å². The summed E-state index contributed by atoms with van der Waals surface area (Å²) in [6.45, 7) is 2.24. The van der Waals surface area contributed by atoms with Crippen LogP contribution in [0.1, 0.15) is 11.1 Å². The third-order valence-electron chi connectivity index (χ3n) is 3.63. The van der Waals surface area contributed by atoms with Crippen molar-refractivity contribution in [2.24, 2.45) is 0 Å². The number of aromatic hydroxyl groups is 1. The smallest absolute Gasteiger partial charge is 0.494 e. The summed E-state index contributed by atoms with van der Waals surface area (Å²) >= 11 is 3.42. The summed E-state index contributed by atoms with van der Waals surface area (Å²) in [7, 11) is 0. The molecule has 3 nitrogen and oxygen atoms in total. The van der Waals surface area contributed by atoms with Gasteiger partial charge in [0.15, 0.2) is 5.88 Å². The van der Waals surface area contributed by atoms with E-state index in [4.69, 9.17) is 0 Å². The predicted octanol–water partition coefficient (Wildman–Crippen LogP) is 5.36. The number of aryl methyl sites for hydroxylation is 1. The van der Waals surface area contributed by atoms with Crippen LogP contribution in [0.5, 0.6) is 11.6 Å². The van der Waals surface area contributed by atoms with Gasteiger partial charge in [-0.05, 0) is 42.3 Å². The van der Waals surface area contributed by atoms with Crippen LogP contribution in [-0.4, -0.2) is 16.0 Å². The van der Waals surface area contributed by atoms with Crippen molar-refractivity contribution in [2.75, 3.05) is 0 Å². The molecule has 0 aliphatic heterocycles. The quantitative estimate of drug-likeness (QED) is 0.642. The lowest BCUT2D eigenvalue weighted by Gasteiger charge is -2.10. The fourth-order valence-electron chi connectivity index (χ4n) is 2.66. The molecule has 3 rings (SSSR count). The van der Waals surface area contributed by atoms with E-state index < -0.39 is 6.36 Å². The lowest BCUT2D eigenvalue weighted by Crippen LogP contribution is -2.17. The van der Waals surface area contributed by atoms with E-state index in [-0.39, 0.29) is 11.6 Å². The van der Waals surface area contributed by atoms with Gasteiger partial charge in [-0.15, -0.1) is 13.2 Å². The summed E-state index contributed by atoms with van der Waals surface area (Å²) in [5.74, 6) is -0.140. The van der Waals surface area contributed by atoms with Crippen LogP contribution in [-0.2, 0) is 6.54 Å². The summed E-state index contributed by atoms with van der Waals surface area (Å²) < 4.78 is 42.9. The van der Waals surface area contributed by atoms with Crippen LogP contribution in [0, 0.1) is 6.92 Å². The Balaban J connectivity index is 1.87. The van der Waals surface area contributed by atoms with Gasteiger partial charge >= 0.3 is 6.36 Å². The number of alkyl halides is 3. The molecule has 126 valence electrons. The van der Waals surface area contributed by atoms with Crippen LogP contribution < -0.4 is 4.74 Å². The van der Waals surface area contributed by atoms with E-state index in [1.165, 1.54) is 24.3 Å². The van der Waals surface area contributed by atoms with E-state index in [1.54, 1.807) is 4.57 Å². The van der Waals surface area contributed by atoms with E-state index >= 15 is 0 Å². The molecule has 1 aromatic heterocycles. The molecule has 0 saturated carbocycles. The maximum Gasteiger partial charge on any atom is 0.573 e. The second-order valence-corrected chi connectivity index (χ2v) is 6.37. The topological polar surface area (TPSA) is 34.4 Å². The Bertz CT molecular complexity index is 885. The molecule has 0 aliphatic carbocycles. The number of aromatic nitrogens is 1. The molecule has 7 heteroatoms. The maximum absolute atomic E-state index is 12.2. The van der Waals surface area contributed by atoms with Gasteiger partial charge in [0.25, 0.3) is 0 Å². The van der Waals surface area contributed by atoms with Crippen molar-refractivity contribution in [1.82, 2.24) is 4.57 Å². The van der Waals surface area contributed by atoms with Crippen LogP contribution in [0.2, 0.25) is 0 Å². The number of rotatable bonds is 3. The fourth-order valence-corrected chi connectivity index (χ4v) is 3.25. The van der Waals surface area contributed by atoms with Crippen molar-refractivity contribution < 1.29 is 23.0 Å². The normalized spacial score (nSPS) is 11.9. The number of fused-ring (bicyclic) bond motifs is 1. The lowest BCUT2D eigenvalue weighted by atomic mass is 10.1. The van der Waals surface area contributed by atoms with E-state index in [2.05, 4.69) is 20.7 Å². The molecule has 0 bridgehead atoms. The number of halogens is 4. The van der Waals surface area contributed by atoms with E-state index in [0.717, 1.165) is 26.4 Å². The summed E-state index contributed by atoms with van der Waals surface area (Å²) in [4.78, 5) is 0. The minimum absolute atomic E-state index is 0.130. The maximum atomic E-state index is 12.2. The highest BCUT2D eigenvalue weighted by atomic mass is 79.9. The minimum atomic E-state index is -4.71. The van der Waals surface area contributed by atoms with Gasteiger partial charge in [-0.2, -0.15) is 0 Å². The number of ether oxygens (including phenoxy) is 1. The van der Waals surface area contributed by atoms with Gasteiger partial charge in [0.2, 0.25) is 0 Å².